The minimum absolute atomic E-state index is 0. The summed E-state index contributed by atoms with van der Waals surface area (Å²) < 4.78 is 31.2. The first kappa shape index (κ1) is 19.1. The van der Waals surface area contributed by atoms with E-state index in [1.165, 1.54) is 0 Å². The molecular weight excluding hydrogens is 288 g/mol. The highest BCUT2D eigenvalue weighted by Crippen LogP contribution is 2.17. The number of sulfonamides is 1. The number of unbranched alkanes of at least 4 members (excludes halogenated alkanes) is 1. The van der Waals surface area contributed by atoms with Crippen molar-refractivity contribution >= 4 is 22.4 Å². The third-order valence-corrected chi connectivity index (χ3v) is 5.21. The predicted molar refractivity (Wildman–Crippen MR) is 80.2 cm³/mol. The van der Waals surface area contributed by atoms with Gasteiger partial charge in [-0.2, -0.15) is 0 Å². The van der Waals surface area contributed by atoms with Crippen molar-refractivity contribution in [2.45, 2.75) is 45.1 Å². The van der Waals surface area contributed by atoms with Crippen molar-refractivity contribution in [3.63, 3.8) is 0 Å². The minimum Gasteiger partial charge on any atom is -0.378 e. The smallest absolute Gasteiger partial charge is 0.214 e. The predicted octanol–water partition coefficient (Wildman–Crippen LogP) is 1.37. The molecule has 0 aromatic carbocycles. The van der Waals surface area contributed by atoms with Gasteiger partial charge in [0, 0.05) is 19.7 Å². The minimum atomic E-state index is -3.04. The monoisotopic (exact) mass is 314 g/mol. The van der Waals surface area contributed by atoms with Gasteiger partial charge in [0.1, 0.15) is 0 Å². The van der Waals surface area contributed by atoms with Crippen LogP contribution in [0.5, 0.6) is 0 Å². The van der Waals surface area contributed by atoms with E-state index in [1.807, 2.05) is 6.92 Å². The van der Waals surface area contributed by atoms with Gasteiger partial charge in [-0.15, -0.1) is 12.4 Å². The topological polar surface area (TPSA) is 72.6 Å². The van der Waals surface area contributed by atoms with E-state index in [0.717, 1.165) is 32.1 Å². The highest BCUT2D eigenvalue weighted by molar-refractivity contribution is 7.89. The van der Waals surface area contributed by atoms with Crippen molar-refractivity contribution in [3.05, 3.63) is 0 Å². The summed E-state index contributed by atoms with van der Waals surface area (Å²) >= 11 is 0. The average Bonchev–Trinajstić information content (AvgIpc) is 2.37. The second-order valence-electron chi connectivity index (χ2n) is 4.78. The van der Waals surface area contributed by atoms with Crippen molar-refractivity contribution in [2.75, 3.05) is 32.0 Å². The van der Waals surface area contributed by atoms with Gasteiger partial charge in [-0.25, -0.2) is 12.7 Å². The molecular formula is C12H27ClN2O3S. The van der Waals surface area contributed by atoms with Crippen LogP contribution in [0.2, 0.25) is 0 Å². The summed E-state index contributed by atoms with van der Waals surface area (Å²) in [7, 11) is -3.04. The Morgan fingerprint density at radius 3 is 2.42 bits per heavy atom. The van der Waals surface area contributed by atoms with Crippen LogP contribution in [0.15, 0.2) is 0 Å². The quantitative estimate of drug-likeness (QED) is 0.687. The van der Waals surface area contributed by atoms with Crippen molar-refractivity contribution in [1.82, 2.24) is 4.31 Å². The fraction of sp³-hybridized carbons (Fsp3) is 1.00. The zero-order chi connectivity index (χ0) is 13.4. The molecule has 0 bridgehead atoms. The lowest BCUT2D eigenvalue weighted by Gasteiger charge is -2.31. The second kappa shape index (κ2) is 9.94. The molecule has 1 fully saturated rings. The van der Waals surface area contributed by atoms with Crippen LogP contribution in [-0.4, -0.2) is 50.8 Å². The molecule has 0 radical (unpaired) electrons. The van der Waals surface area contributed by atoms with E-state index in [4.69, 9.17) is 10.5 Å². The first-order valence-corrected chi connectivity index (χ1v) is 8.50. The van der Waals surface area contributed by atoms with E-state index in [2.05, 4.69) is 0 Å². The summed E-state index contributed by atoms with van der Waals surface area (Å²) in [6, 6.07) is 0. The lowest BCUT2D eigenvalue weighted by atomic mass is 10.1. The molecule has 0 saturated carbocycles. The fourth-order valence-corrected chi connectivity index (χ4v) is 3.74. The van der Waals surface area contributed by atoms with Crippen molar-refractivity contribution in [2.24, 2.45) is 5.73 Å². The normalized spacial score (nSPS) is 18.2. The van der Waals surface area contributed by atoms with E-state index in [-0.39, 0.29) is 24.3 Å². The van der Waals surface area contributed by atoms with Gasteiger partial charge in [0.25, 0.3) is 0 Å². The van der Waals surface area contributed by atoms with Gasteiger partial charge in [0.05, 0.1) is 11.9 Å². The van der Waals surface area contributed by atoms with Crippen LogP contribution >= 0.6 is 12.4 Å². The molecule has 116 valence electrons. The Morgan fingerprint density at radius 2 is 1.89 bits per heavy atom. The molecule has 5 nitrogen and oxygen atoms in total. The molecule has 0 aromatic heterocycles. The first-order chi connectivity index (χ1) is 8.60. The van der Waals surface area contributed by atoms with Crippen LogP contribution in [0.4, 0.5) is 0 Å². The van der Waals surface area contributed by atoms with Crippen molar-refractivity contribution in [3.8, 4) is 0 Å². The molecule has 1 rings (SSSR count). The largest absolute Gasteiger partial charge is 0.378 e. The van der Waals surface area contributed by atoms with E-state index >= 15 is 0 Å². The summed E-state index contributed by atoms with van der Waals surface area (Å²) in [5.41, 5.74) is 5.40. The maximum Gasteiger partial charge on any atom is 0.214 e. The van der Waals surface area contributed by atoms with Gasteiger partial charge in [0.15, 0.2) is 0 Å². The second-order valence-corrected chi connectivity index (χ2v) is 6.87. The highest BCUT2D eigenvalue weighted by atomic mass is 35.5. The zero-order valence-electron chi connectivity index (χ0n) is 11.7. The molecule has 1 saturated heterocycles. The molecule has 0 aromatic rings. The van der Waals surface area contributed by atoms with Gasteiger partial charge in [-0.1, -0.05) is 13.3 Å². The molecule has 0 amide bonds. The molecule has 0 spiro atoms. The Hall–Kier alpha value is 0.120. The van der Waals surface area contributed by atoms with E-state index < -0.39 is 10.0 Å². The fourth-order valence-electron chi connectivity index (χ4n) is 2.07. The summed E-state index contributed by atoms with van der Waals surface area (Å²) in [6.07, 6.45) is 4.34. The van der Waals surface area contributed by atoms with Crippen LogP contribution in [0.25, 0.3) is 0 Å². The van der Waals surface area contributed by atoms with Crippen molar-refractivity contribution < 1.29 is 13.2 Å². The highest BCUT2D eigenvalue weighted by Gasteiger charge is 2.27. The molecule has 19 heavy (non-hydrogen) atoms. The van der Waals surface area contributed by atoms with Crippen LogP contribution < -0.4 is 5.73 Å². The molecule has 7 heteroatoms. The number of ether oxygens (including phenoxy) is 1. The molecule has 0 unspecified atom stereocenters. The van der Waals surface area contributed by atoms with Crippen LogP contribution in [0, 0.1) is 0 Å². The number of halogens is 1. The molecule has 0 aliphatic carbocycles. The Kier molecular flexibility index (Phi) is 10.00. The van der Waals surface area contributed by atoms with Gasteiger partial charge < -0.3 is 10.5 Å². The Labute approximate surface area is 123 Å². The lowest BCUT2D eigenvalue weighted by Crippen LogP contribution is -2.42. The molecule has 2 N–H and O–H groups in total. The van der Waals surface area contributed by atoms with Gasteiger partial charge in [0.2, 0.25) is 10.0 Å². The lowest BCUT2D eigenvalue weighted by molar-refractivity contribution is 0.0209. The third-order valence-electron chi connectivity index (χ3n) is 3.25. The standard InChI is InChI=1S/C12H26N2O3S.ClH/c1-2-3-11-18(15,16)14-8-5-12(6-9-14)17-10-4-7-13;/h12H,2-11,13H2,1H3;1H. The number of piperidine rings is 1. The summed E-state index contributed by atoms with van der Waals surface area (Å²) in [4.78, 5) is 0. The SMILES string of the molecule is CCCCS(=O)(=O)N1CCC(OCCCN)CC1.Cl. The zero-order valence-corrected chi connectivity index (χ0v) is 13.3. The number of rotatable bonds is 8. The van der Waals surface area contributed by atoms with Gasteiger partial charge in [-0.05, 0) is 32.2 Å². The van der Waals surface area contributed by atoms with E-state index in [9.17, 15) is 8.42 Å². The third kappa shape index (κ3) is 6.90. The maximum absolute atomic E-state index is 12.0. The van der Waals surface area contributed by atoms with Gasteiger partial charge >= 0.3 is 0 Å². The number of hydrogen-bond donors (Lipinski definition) is 1. The first-order valence-electron chi connectivity index (χ1n) is 6.89. The number of nitrogens with two attached hydrogens (primary N) is 1. The summed E-state index contributed by atoms with van der Waals surface area (Å²) in [5, 5.41) is 0. The molecule has 1 aliphatic rings. The van der Waals surface area contributed by atoms with Crippen LogP contribution in [0.3, 0.4) is 0 Å². The summed E-state index contributed by atoms with van der Waals surface area (Å²) in [5.74, 6) is 0.280. The Balaban J connectivity index is 0.00000324. The Bertz CT molecular complexity index is 317. The molecule has 1 aliphatic heterocycles. The van der Waals surface area contributed by atoms with Gasteiger partial charge in [-0.3, -0.25) is 0 Å². The number of hydrogen-bond acceptors (Lipinski definition) is 4. The van der Waals surface area contributed by atoms with Crippen LogP contribution in [0.1, 0.15) is 39.0 Å². The maximum atomic E-state index is 12.0. The van der Waals surface area contributed by atoms with Crippen LogP contribution in [-0.2, 0) is 14.8 Å². The van der Waals surface area contributed by atoms with Crippen molar-refractivity contribution in [1.29, 1.82) is 0 Å². The molecule has 0 atom stereocenters. The summed E-state index contributed by atoms with van der Waals surface area (Å²) in [6.45, 7) is 4.53. The molecule has 1 heterocycles. The number of nitrogens with zero attached hydrogens (tertiary/aromatic N) is 1. The van der Waals surface area contributed by atoms with E-state index in [0.29, 0.717) is 26.2 Å². The Morgan fingerprint density at radius 1 is 1.26 bits per heavy atom. The average molecular weight is 315 g/mol. The van der Waals surface area contributed by atoms with E-state index in [1.54, 1.807) is 4.31 Å².